The summed E-state index contributed by atoms with van der Waals surface area (Å²) < 4.78 is 0. The topological polar surface area (TPSA) is 26.0 Å². The van der Waals surface area contributed by atoms with Crippen LogP contribution in [0.15, 0.2) is 146 Å². The minimum absolute atomic E-state index is 0.448. The smallest absolute Gasteiger partial charge is 0.0720 e. The van der Waals surface area contributed by atoms with Crippen molar-refractivity contribution < 1.29 is 0 Å². The third-order valence-electron chi connectivity index (χ3n) is 9.51. The van der Waals surface area contributed by atoms with E-state index in [1.807, 2.05) is 12.1 Å². The van der Waals surface area contributed by atoms with E-state index < -0.39 is 10.8 Å². The number of hydrogen-bond donors (Lipinski definition) is 1. The van der Waals surface area contributed by atoms with Gasteiger partial charge in [-0.2, -0.15) is 0 Å². The highest BCUT2D eigenvalue weighted by Gasteiger charge is 2.58. The lowest BCUT2D eigenvalue weighted by molar-refractivity contribution is 0.630. The third kappa shape index (κ3) is 2.49. The molecule has 3 aliphatic carbocycles. The summed E-state index contributed by atoms with van der Waals surface area (Å²) in [5, 5.41) is 0. The van der Waals surface area contributed by atoms with E-state index in [4.69, 9.17) is 5.73 Å². The minimum Gasteiger partial charge on any atom is -0.398 e. The number of hydrogen-bond acceptors (Lipinski definition) is 1. The molecule has 5 aromatic carbocycles. The molecular weight excluding hydrogens is 482 g/mol. The van der Waals surface area contributed by atoms with E-state index in [2.05, 4.69) is 135 Å². The molecule has 0 aromatic heterocycles. The van der Waals surface area contributed by atoms with E-state index in [0.29, 0.717) is 0 Å². The van der Waals surface area contributed by atoms with E-state index >= 15 is 0 Å². The van der Waals surface area contributed by atoms with Crippen LogP contribution >= 0.6 is 0 Å². The summed E-state index contributed by atoms with van der Waals surface area (Å²) in [6.45, 7) is 6.28. The second-order valence-corrected chi connectivity index (χ2v) is 11.1. The average molecular weight is 512 g/mol. The van der Waals surface area contributed by atoms with E-state index in [1.54, 1.807) is 0 Å². The van der Waals surface area contributed by atoms with E-state index in [1.165, 1.54) is 61.2 Å². The predicted octanol–water partition coefficient (Wildman–Crippen LogP) is 8.81. The SMILES string of the molecule is C=C/C=C\C1=C(C)c2ccccc2C12c1ccccc1C1(c3ccccc3-c3c(N)cccc31)c1ccccc12. The first-order chi connectivity index (χ1) is 19.7. The van der Waals surface area contributed by atoms with Crippen LogP contribution in [0.5, 0.6) is 0 Å². The van der Waals surface area contributed by atoms with Gasteiger partial charge in [0.1, 0.15) is 0 Å². The van der Waals surface area contributed by atoms with Crippen LogP contribution < -0.4 is 5.73 Å². The molecule has 0 fully saturated rings. The van der Waals surface area contributed by atoms with Gasteiger partial charge in [-0.3, -0.25) is 0 Å². The third-order valence-corrected chi connectivity index (χ3v) is 9.51. The molecule has 3 aliphatic rings. The fourth-order valence-electron chi connectivity index (χ4n) is 8.20. The number of fused-ring (bicyclic) bond motifs is 13. The Morgan fingerprint density at radius 1 is 0.550 bits per heavy atom. The van der Waals surface area contributed by atoms with Crippen molar-refractivity contribution in [1.29, 1.82) is 0 Å². The van der Waals surface area contributed by atoms with Gasteiger partial charge in [0, 0.05) is 11.3 Å². The summed E-state index contributed by atoms with van der Waals surface area (Å²) in [5.74, 6) is 0. The molecule has 0 amide bonds. The maximum absolute atomic E-state index is 6.76. The highest BCUT2D eigenvalue weighted by atomic mass is 14.6. The zero-order valence-corrected chi connectivity index (χ0v) is 22.5. The Balaban J connectivity index is 1.62. The second kappa shape index (κ2) is 8.07. The van der Waals surface area contributed by atoms with E-state index in [-0.39, 0.29) is 0 Å². The first-order valence-corrected chi connectivity index (χ1v) is 14.0. The number of nitrogen functional groups attached to an aromatic ring is 1. The van der Waals surface area contributed by atoms with Gasteiger partial charge >= 0.3 is 0 Å². The van der Waals surface area contributed by atoms with Gasteiger partial charge in [-0.1, -0.05) is 134 Å². The fraction of sp³-hybridized carbons (Fsp3) is 0.0769. The van der Waals surface area contributed by atoms with Gasteiger partial charge in [-0.05, 0) is 74.2 Å². The van der Waals surface area contributed by atoms with Crippen molar-refractivity contribution in [2.24, 2.45) is 0 Å². The molecule has 5 aromatic rings. The van der Waals surface area contributed by atoms with Crippen molar-refractivity contribution in [2.75, 3.05) is 5.73 Å². The van der Waals surface area contributed by atoms with Gasteiger partial charge in [-0.25, -0.2) is 0 Å². The Morgan fingerprint density at radius 2 is 1.02 bits per heavy atom. The predicted molar refractivity (Wildman–Crippen MR) is 166 cm³/mol. The second-order valence-electron chi connectivity index (χ2n) is 11.1. The molecule has 0 atom stereocenters. The molecule has 0 aliphatic heterocycles. The summed E-state index contributed by atoms with van der Waals surface area (Å²) in [6.07, 6.45) is 6.25. The van der Waals surface area contributed by atoms with Crippen LogP contribution in [-0.2, 0) is 10.8 Å². The molecule has 2 spiro atoms. The normalized spacial score (nSPS) is 21.3. The van der Waals surface area contributed by atoms with Gasteiger partial charge in [0.2, 0.25) is 0 Å². The molecule has 0 bridgehead atoms. The lowest BCUT2D eigenvalue weighted by Gasteiger charge is -2.49. The molecule has 2 N–H and O–H groups in total. The van der Waals surface area contributed by atoms with Crippen LogP contribution in [0.1, 0.15) is 51.4 Å². The fourth-order valence-corrected chi connectivity index (χ4v) is 8.20. The van der Waals surface area contributed by atoms with Crippen molar-refractivity contribution in [2.45, 2.75) is 17.8 Å². The van der Waals surface area contributed by atoms with Gasteiger partial charge in [0.15, 0.2) is 0 Å². The Hall–Kier alpha value is -4.88. The lowest BCUT2D eigenvalue weighted by atomic mass is 9.52. The van der Waals surface area contributed by atoms with Crippen molar-refractivity contribution in [3.8, 4) is 11.1 Å². The maximum atomic E-state index is 6.76. The molecular formula is C39H29N. The molecule has 1 nitrogen and oxygen atoms in total. The minimum atomic E-state index is -0.474. The molecule has 0 heterocycles. The number of nitrogens with two attached hydrogens (primary N) is 1. The summed E-state index contributed by atoms with van der Waals surface area (Å²) in [7, 11) is 0. The number of allylic oxidation sites excluding steroid dienone is 5. The maximum Gasteiger partial charge on any atom is 0.0720 e. The van der Waals surface area contributed by atoms with Crippen LogP contribution in [0, 0.1) is 0 Å². The number of anilines is 1. The molecule has 8 rings (SSSR count). The van der Waals surface area contributed by atoms with Crippen LogP contribution in [0.25, 0.3) is 16.7 Å². The van der Waals surface area contributed by atoms with Crippen molar-refractivity contribution >= 4 is 11.3 Å². The molecule has 0 unspecified atom stereocenters. The average Bonchev–Trinajstić information content (AvgIpc) is 3.44. The standard InChI is InChI=1S/C39H29N/c1-3-4-16-28-25(2)26-14-5-7-17-29(26)38(28)31-19-9-11-21-33(31)39(34-22-12-10-20-32(34)38)30-18-8-6-15-27(30)37-35(39)23-13-24-36(37)40/h3-24H,1,40H2,2H3/b16-4-. The van der Waals surface area contributed by atoms with Crippen LogP contribution in [-0.4, -0.2) is 0 Å². The van der Waals surface area contributed by atoms with Gasteiger partial charge in [0.05, 0.1) is 10.8 Å². The quantitative estimate of drug-likeness (QED) is 0.182. The Kier molecular flexibility index (Phi) is 4.65. The highest BCUT2D eigenvalue weighted by Crippen LogP contribution is 2.67. The van der Waals surface area contributed by atoms with E-state index in [0.717, 1.165) is 11.3 Å². The largest absolute Gasteiger partial charge is 0.398 e. The molecule has 0 radical (unpaired) electrons. The molecule has 40 heavy (non-hydrogen) atoms. The van der Waals surface area contributed by atoms with Crippen molar-refractivity contribution in [3.05, 3.63) is 190 Å². The zero-order chi connectivity index (χ0) is 27.1. The monoisotopic (exact) mass is 511 g/mol. The lowest BCUT2D eigenvalue weighted by Crippen LogP contribution is -2.44. The van der Waals surface area contributed by atoms with Crippen molar-refractivity contribution in [1.82, 2.24) is 0 Å². The van der Waals surface area contributed by atoms with E-state index in [9.17, 15) is 0 Å². The Labute approximate surface area is 235 Å². The number of rotatable bonds is 2. The summed E-state index contributed by atoms with van der Waals surface area (Å²) in [6, 6.07) is 42.5. The molecule has 1 heteroatoms. The first-order valence-electron chi connectivity index (χ1n) is 14.0. The molecule has 0 saturated carbocycles. The first kappa shape index (κ1) is 23.0. The number of benzene rings is 5. The van der Waals surface area contributed by atoms with Gasteiger partial charge in [-0.15, -0.1) is 0 Å². The van der Waals surface area contributed by atoms with Gasteiger partial charge < -0.3 is 5.73 Å². The van der Waals surface area contributed by atoms with Crippen molar-refractivity contribution in [3.63, 3.8) is 0 Å². The molecule has 190 valence electrons. The van der Waals surface area contributed by atoms with Crippen LogP contribution in [0.3, 0.4) is 0 Å². The Morgan fingerprint density at radius 3 is 1.62 bits per heavy atom. The molecule has 0 saturated heterocycles. The van der Waals surface area contributed by atoms with Gasteiger partial charge in [0.25, 0.3) is 0 Å². The summed E-state index contributed by atoms with van der Waals surface area (Å²) in [4.78, 5) is 0. The highest BCUT2D eigenvalue weighted by molar-refractivity contribution is 5.96. The van der Waals surface area contributed by atoms with Crippen LogP contribution in [0.4, 0.5) is 5.69 Å². The zero-order valence-electron chi connectivity index (χ0n) is 22.5. The summed E-state index contributed by atoms with van der Waals surface area (Å²) in [5.41, 5.74) is 22.2. The van der Waals surface area contributed by atoms with Crippen LogP contribution in [0.2, 0.25) is 0 Å². The Bertz CT molecular complexity index is 1900. The summed E-state index contributed by atoms with van der Waals surface area (Å²) >= 11 is 0.